The minimum atomic E-state index is -0.559. The molecule has 1 aromatic rings. The molecule has 0 aromatic carbocycles. The summed E-state index contributed by atoms with van der Waals surface area (Å²) in [5.41, 5.74) is 0. The van der Waals surface area contributed by atoms with Gasteiger partial charge >= 0.3 is 0 Å². The molecule has 1 saturated heterocycles. The van der Waals surface area contributed by atoms with Gasteiger partial charge in [-0.05, 0) is 38.3 Å². The number of aryl methyl sites for hydroxylation is 1. The SMILES string of the molecule is CC(CCc1ccco1)NC1CCS(=O)CC1. The molecule has 17 heavy (non-hydrogen) atoms. The van der Waals surface area contributed by atoms with Gasteiger partial charge in [0, 0.05) is 40.8 Å². The quantitative estimate of drug-likeness (QED) is 0.876. The van der Waals surface area contributed by atoms with Gasteiger partial charge in [-0.15, -0.1) is 0 Å². The lowest BCUT2D eigenvalue weighted by atomic mass is 10.1. The highest BCUT2D eigenvalue weighted by atomic mass is 32.2. The fourth-order valence-electron chi connectivity index (χ4n) is 2.26. The molecule has 3 nitrogen and oxygen atoms in total. The summed E-state index contributed by atoms with van der Waals surface area (Å²) in [4.78, 5) is 0. The molecule has 1 aliphatic rings. The summed E-state index contributed by atoms with van der Waals surface area (Å²) in [5, 5.41) is 3.63. The molecular weight excluding hydrogens is 234 g/mol. The van der Waals surface area contributed by atoms with Crippen LogP contribution in [0.4, 0.5) is 0 Å². The molecule has 1 N–H and O–H groups in total. The van der Waals surface area contributed by atoms with Gasteiger partial charge in [0.15, 0.2) is 0 Å². The van der Waals surface area contributed by atoms with Crippen LogP contribution in [0, 0.1) is 0 Å². The van der Waals surface area contributed by atoms with E-state index < -0.39 is 10.8 Å². The van der Waals surface area contributed by atoms with E-state index in [1.165, 1.54) is 0 Å². The molecule has 1 aromatic heterocycles. The zero-order valence-electron chi connectivity index (χ0n) is 10.4. The molecule has 0 amide bonds. The number of hydrogen-bond acceptors (Lipinski definition) is 3. The average molecular weight is 255 g/mol. The van der Waals surface area contributed by atoms with Crippen molar-refractivity contribution in [2.24, 2.45) is 0 Å². The first-order valence-electron chi connectivity index (χ1n) is 6.37. The Morgan fingerprint density at radius 1 is 1.53 bits per heavy atom. The summed E-state index contributed by atoms with van der Waals surface area (Å²) in [5.74, 6) is 2.79. The normalized spacial score (nSPS) is 26.9. The van der Waals surface area contributed by atoms with E-state index in [2.05, 4.69) is 12.2 Å². The van der Waals surface area contributed by atoms with E-state index in [0.717, 1.165) is 42.9 Å². The van der Waals surface area contributed by atoms with E-state index in [4.69, 9.17) is 4.42 Å². The minimum Gasteiger partial charge on any atom is -0.469 e. The monoisotopic (exact) mass is 255 g/mol. The van der Waals surface area contributed by atoms with Crippen molar-refractivity contribution >= 4 is 10.8 Å². The van der Waals surface area contributed by atoms with E-state index in [1.807, 2.05) is 12.1 Å². The van der Waals surface area contributed by atoms with Crippen LogP contribution in [0.2, 0.25) is 0 Å². The van der Waals surface area contributed by atoms with Crippen LogP contribution in [0.1, 0.15) is 31.9 Å². The van der Waals surface area contributed by atoms with Gasteiger partial charge < -0.3 is 9.73 Å². The second-order valence-corrected chi connectivity index (χ2v) is 6.50. The van der Waals surface area contributed by atoms with Gasteiger partial charge in [-0.1, -0.05) is 0 Å². The fraction of sp³-hybridized carbons (Fsp3) is 0.692. The molecule has 2 rings (SSSR count). The molecule has 1 unspecified atom stereocenters. The Morgan fingerprint density at radius 2 is 2.29 bits per heavy atom. The molecule has 1 aliphatic heterocycles. The Morgan fingerprint density at radius 3 is 2.94 bits per heavy atom. The predicted octanol–water partition coefficient (Wildman–Crippen LogP) is 2.10. The molecule has 2 heterocycles. The summed E-state index contributed by atoms with van der Waals surface area (Å²) in [6.45, 7) is 2.22. The van der Waals surface area contributed by atoms with Crippen LogP contribution in [0.25, 0.3) is 0 Å². The number of furan rings is 1. The second kappa shape index (κ2) is 6.36. The lowest BCUT2D eigenvalue weighted by Gasteiger charge is -2.26. The highest BCUT2D eigenvalue weighted by molar-refractivity contribution is 7.85. The van der Waals surface area contributed by atoms with Crippen LogP contribution >= 0.6 is 0 Å². The highest BCUT2D eigenvalue weighted by Crippen LogP contribution is 2.12. The van der Waals surface area contributed by atoms with Gasteiger partial charge in [0.2, 0.25) is 0 Å². The molecule has 1 fully saturated rings. The molecule has 1 atom stereocenters. The molecular formula is C13H21NO2S. The number of nitrogens with one attached hydrogen (secondary N) is 1. The Hall–Kier alpha value is -0.610. The van der Waals surface area contributed by atoms with Gasteiger partial charge in [-0.2, -0.15) is 0 Å². The molecule has 4 heteroatoms. The number of hydrogen-bond donors (Lipinski definition) is 1. The van der Waals surface area contributed by atoms with E-state index in [0.29, 0.717) is 12.1 Å². The van der Waals surface area contributed by atoms with Crippen molar-refractivity contribution in [2.75, 3.05) is 11.5 Å². The summed E-state index contributed by atoms with van der Waals surface area (Å²) in [7, 11) is -0.559. The van der Waals surface area contributed by atoms with Crippen molar-refractivity contribution in [1.29, 1.82) is 0 Å². The van der Waals surface area contributed by atoms with Gasteiger partial charge in [-0.3, -0.25) is 4.21 Å². The average Bonchev–Trinajstić information content (AvgIpc) is 2.83. The van der Waals surface area contributed by atoms with Crippen molar-refractivity contribution in [1.82, 2.24) is 5.32 Å². The maximum absolute atomic E-state index is 11.2. The lowest BCUT2D eigenvalue weighted by Crippen LogP contribution is -2.41. The van der Waals surface area contributed by atoms with Crippen LogP contribution in [0.5, 0.6) is 0 Å². The van der Waals surface area contributed by atoms with Crippen molar-refractivity contribution in [3.63, 3.8) is 0 Å². The van der Waals surface area contributed by atoms with Gasteiger partial charge in [0.05, 0.1) is 6.26 Å². The largest absolute Gasteiger partial charge is 0.469 e. The minimum absolute atomic E-state index is 0.497. The molecule has 96 valence electrons. The molecule has 0 aliphatic carbocycles. The first-order valence-corrected chi connectivity index (χ1v) is 7.86. The highest BCUT2D eigenvalue weighted by Gasteiger charge is 2.19. The number of rotatable bonds is 5. The van der Waals surface area contributed by atoms with E-state index in [9.17, 15) is 4.21 Å². The molecule has 0 spiro atoms. The van der Waals surface area contributed by atoms with Crippen molar-refractivity contribution in [3.05, 3.63) is 24.2 Å². The molecule has 0 radical (unpaired) electrons. The third-order valence-electron chi connectivity index (χ3n) is 3.31. The van der Waals surface area contributed by atoms with Crippen molar-refractivity contribution < 1.29 is 8.63 Å². The zero-order chi connectivity index (χ0) is 12.1. The maximum Gasteiger partial charge on any atom is 0.103 e. The first-order chi connectivity index (χ1) is 8.24. The summed E-state index contributed by atoms with van der Waals surface area (Å²) in [6.07, 6.45) is 5.91. The zero-order valence-corrected chi connectivity index (χ0v) is 11.2. The summed E-state index contributed by atoms with van der Waals surface area (Å²) in [6, 6.07) is 5.01. The fourth-order valence-corrected chi connectivity index (χ4v) is 3.56. The van der Waals surface area contributed by atoms with Gasteiger partial charge in [0.25, 0.3) is 0 Å². The Labute approximate surface area is 105 Å². The van der Waals surface area contributed by atoms with Crippen LogP contribution in [-0.2, 0) is 17.2 Å². The van der Waals surface area contributed by atoms with Gasteiger partial charge in [-0.25, -0.2) is 0 Å². The van der Waals surface area contributed by atoms with Crippen LogP contribution in [0.3, 0.4) is 0 Å². The lowest BCUT2D eigenvalue weighted by molar-refractivity contribution is 0.393. The predicted molar refractivity (Wildman–Crippen MR) is 70.5 cm³/mol. The van der Waals surface area contributed by atoms with Crippen molar-refractivity contribution in [2.45, 2.75) is 44.7 Å². The third kappa shape index (κ3) is 4.28. The molecule has 0 saturated carbocycles. The Balaban J connectivity index is 1.66. The van der Waals surface area contributed by atoms with E-state index in [1.54, 1.807) is 6.26 Å². The molecule has 0 bridgehead atoms. The Bertz CT molecular complexity index is 340. The Kier molecular flexibility index (Phi) is 4.80. The van der Waals surface area contributed by atoms with Crippen LogP contribution in [0.15, 0.2) is 22.8 Å². The van der Waals surface area contributed by atoms with Crippen molar-refractivity contribution in [3.8, 4) is 0 Å². The summed E-state index contributed by atoms with van der Waals surface area (Å²) < 4.78 is 16.6. The smallest absolute Gasteiger partial charge is 0.103 e. The van der Waals surface area contributed by atoms with E-state index >= 15 is 0 Å². The summed E-state index contributed by atoms with van der Waals surface area (Å²) >= 11 is 0. The third-order valence-corrected chi connectivity index (χ3v) is 4.69. The van der Waals surface area contributed by atoms with Gasteiger partial charge in [0.1, 0.15) is 5.76 Å². The second-order valence-electron chi connectivity index (χ2n) is 4.81. The van der Waals surface area contributed by atoms with Crippen LogP contribution in [-0.4, -0.2) is 27.8 Å². The first kappa shape index (κ1) is 12.8. The maximum atomic E-state index is 11.2. The van der Waals surface area contributed by atoms with E-state index in [-0.39, 0.29) is 0 Å². The van der Waals surface area contributed by atoms with Crippen LogP contribution < -0.4 is 5.32 Å². The topological polar surface area (TPSA) is 42.2 Å². The standard InChI is InChI=1S/C13H21NO2S/c1-11(4-5-13-3-2-8-16-13)14-12-6-9-17(15)10-7-12/h2-3,8,11-12,14H,4-7,9-10H2,1H3.